The molecule has 1 aliphatic heterocycles. The molecule has 1 saturated carbocycles. The molecule has 1 aliphatic carbocycles. The van der Waals surface area contributed by atoms with Crippen LogP contribution in [0.2, 0.25) is 0 Å². The first-order chi connectivity index (χ1) is 8.85. The Balaban J connectivity index is 1.47. The van der Waals surface area contributed by atoms with Crippen molar-refractivity contribution in [1.82, 2.24) is 10.6 Å². The molecule has 0 spiro atoms. The summed E-state index contributed by atoms with van der Waals surface area (Å²) in [5.41, 5.74) is 0.556. The molecule has 0 unspecified atom stereocenters. The molecule has 0 aromatic heterocycles. The van der Waals surface area contributed by atoms with Crippen molar-refractivity contribution in [3.8, 4) is 0 Å². The summed E-state index contributed by atoms with van der Waals surface area (Å²) in [5.74, 6) is 0.899. The average molecular weight is 254 g/mol. The monoisotopic (exact) mass is 254 g/mol. The van der Waals surface area contributed by atoms with Gasteiger partial charge < -0.3 is 15.4 Å². The summed E-state index contributed by atoms with van der Waals surface area (Å²) in [6.07, 6.45) is 7.91. The second kappa shape index (κ2) is 7.46. The van der Waals surface area contributed by atoms with Crippen LogP contribution >= 0.6 is 0 Å². The van der Waals surface area contributed by atoms with Crippen molar-refractivity contribution in [3.63, 3.8) is 0 Å². The highest BCUT2D eigenvalue weighted by molar-refractivity contribution is 4.85. The highest BCUT2D eigenvalue weighted by Gasteiger charge is 2.29. The molecule has 0 amide bonds. The van der Waals surface area contributed by atoms with Crippen LogP contribution in [0.15, 0.2) is 0 Å². The van der Waals surface area contributed by atoms with Gasteiger partial charge in [0.15, 0.2) is 0 Å². The molecule has 2 N–H and O–H groups in total. The SMILES string of the molecule is CCC1(CNCCCOCC2CC2)CCNCC1. The third-order valence-corrected chi connectivity index (χ3v) is 4.61. The fourth-order valence-corrected chi connectivity index (χ4v) is 2.80. The van der Waals surface area contributed by atoms with Gasteiger partial charge in [-0.05, 0) is 69.5 Å². The van der Waals surface area contributed by atoms with E-state index in [0.717, 1.165) is 32.1 Å². The molecule has 3 nitrogen and oxygen atoms in total. The molecular weight excluding hydrogens is 224 g/mol. The molecule has 2 fully saturated rings. The molecule has 0 aromatic carbocycles. The maximum atomic E-state index is 5.65. The van der Waals surface area contributed by atoms with Crippen LogP contribution in [0.5, 0.6) is 0 Å². The largest absolute Gasteiger partial charge is 0.381 e. The van der Waals surface area contributed by atoms with Crippen LogP contribution in [0.1, 0.15) is 45.4 Å². The molecule has 0 atom stereocenters. The van der Waals surface area contributed by atoms with E-state index in [9.17, 15) is 0 Å². The minimum Gasteiger partial charge on any atom is -0.381 e. The smallest absolute Gasteiger partial charge is 0.0494 e. The number of rotatable bonds is 9. The fraction of sp³-hybridized carbons (Fsp3) is 1.00. The zero-order chi connectivity index (χ0) is 12.7. The number of nitrogens with one attached hydrogen (secondary N) is 2. The first kappa shape index (κ1) is 14.3. The molecule has 0 bridgehead atoms. The molecule has 106 valence electrons. The molecule has 3 heteroatoms. The zero-order valence-corrected chi connectivity index (χ0v) is 12.0. The van der Waals surface area contributed by atoms with Crippen molar-refractivity contribution in [3.05, 3.63) is 0 Å². The second-order valence-corrected chi connectivity index (χ2v) is 6.15. The third kappa shape index (κ3) is 4.87. The van der Waals surface area contributed by atoms with E-state index >= 15 is 0 Å². The van der Waals surface area contributed by atoms with Crippen molar-refractivity contribution in [2.45, 2.75) is 45.4 Å². The molecule has 2 rings (SSSR count). The topological polar surface area (TPSA) is 33.3 Å². The Kier molecular flexibility index (Phi) is 5.93. The first-order valence-electron chi connectivity index (χ1n) is 7.84. The van der Waals surface area contributed by atoms with Gasteiger partial charge >= 0.3 is 0 Å². The van der Waals surface area contributed by atoms with Crippen LogP contribution in [-0.4, -0.2) is 39.4 Å². The number of hydrogen-bond acceptors (Lipinski definition) is 3. The van der Waals surface area contributed by atoms with E-state index in [1.165, 1.54) is 51.7 Å². The Morgan fingerprint density at radius 3 is 2.72 bits per heavy atom. The Labute approximate surface area is 112 Å². The number of piperidine rings is 1. The van der Waals surface area contributed by atoms with Crippen LogP contribution in [0.4, 0.5) is 0 Å². The summed E-state index contributed by atoms with van der Waals surface area (Å²) in [4.78, 5) is 0. The molecular formula is C15H30N2O. The Bertz CT molecular complexity index is 223. The van der Waals surface area contributed by atoms with Crippen LogP contribution < -0.4 is 10.6 Å². The summed E-state index contributed by atoms with van der Waals surface area (Å²) >= 11 is 0. The minimum absolute atomic E-state index is 0.556. The van der Waals surface area contributed by atoms with E-state index in [2.05, 4.69) is 17.6 Å². The molecule has 18 heavy (non-hydrogen) atoms. The maximum absolute atomic E-state index is 5.65. The van der Waals surface area contributed by atoms with Crippen molar-refractivity contribution in [2.75, 3.05) is 39.4 Å². The summed E-state index contributed by atoms with van der Waals surface area (Å²) in [6, 6.07) is 0. The molecule has 1 saturated heterocycles. The molecule has 2 aliphatic rings. The lowest BCUT2D eigenvalue weighted by Gasteiger charge is -2.37. The third-order valence-electron chi connectivity index (χ3n) is 4.61. The summed E-state index contributed by atoms with van der Waals surface area (Å²) in [7, 11) is 0. The van der Waals surface area contributed by atoms with Crippen LogP contribution in [0.3, 0.4) is 0 Å². The normalized spacial score (nSPS) is 23.2. The van der Waals surface area contributed by atoms with Crippen LogP contribution in [0, 0.1) is 11.3 Å². The van der Waals surface area contributed by atoms with Crippen LogP contribution in [-0.2, 0) is 4.74 Å². The molecule has 1 heterocycles. The summed E-state index contributed by atoms with van der Waals surface area (Å²) in [5, 5.41) is 7.10. The van der Waals surface area contributed by atoms with Gasteiger partial charge in [0.2, 0.25) is 0 Å². The van der Waals surface area contributed by atoms with Gasteiger partial charge in [-0.3, -0.25) is 0 Å². The predicted molar refractivity (Wildman–Crippen MR) is 75.9 cm³/mol. The maximum Gasteiger partial charge on any atom is 0.0494 e. The van der Waals surface area contributed by atoms with Gasteiger partial charge in [0.25, 0.3) is 0 Å². The number of ether oxygens (including phenoxy) is 1. The second-order valence-electron chi connectivity index (χ2n) is 6.15. The van der Waals surface area contributed by atoms with Crippen LogP contribution in [0.25, 0.3) is 0 Å². The van der Waals surface area contributed by atoms with Gasteiger partial charge in [-0.15, -0.1) is 0 Å². The van der Waals surface area contributed by atoms with E-state index in [4.69, 9.17) is 4.74 Å². The van der Waals surface area contributed by atoms with E-state index in [0.29, 0.717) is 5.41 Å². The van der Waals surface area contributed by atoms with E-state index in [-0.39, 0.29) is 0 Å². The first-order valence-corrected chi connectivity index (χ1v) is 7.84. The number of hydrogen-bond donors (Lipinski definition) is 2. The van der Waals surface area contributed by atoms with Gasteiger partial charge in [-0.1, -0.05) is 6.92 Å². The lowest BCUT2D eigenvalue weighted by Crippen LogP contribution is -2.43. The predicted octanol–water partition coefficient (Wildman–Crippen LogP) is 2.17. The Hall–Kier alpha value is -0.120. The average Bonchev–Trinajstić information content (AvgIpc) is 3.23. The van der Waals surface area contributed by atoms with E-state index in [1.807, 2.05) is 0 Å². The highest BCUT2D eigenvalue weighted by Crippen LogP contribution is 2.31. The van der Waals surface area contributed by atoms with Gasteiger partial charge in [0.05, 0.1) is 0 Å². The van der Waals surface area contributed by atoms with Gasteiger partial charge in [0, 0.05) is 19.8 Å². The Morgan fingerprint density at radius 1 is 1.28 bits per heavy atom. The standard InChI is InChI=1S/C15H30N2O/c1-2-15(6-9-16-10-7-15)13-17-8-3-11-18-12-14-4-5-14/h14,16-17H,2-13H2,1H3. The lowest BCUT2D eigenvalue weighted by molar-refractivity contribution is 0.120. The quantitative estimate of drug-likeness (QED) is 0.619. The van der Waals surface area contributed by atoms with Crippen molar-refractivity contribution in [1.29, 1.82) is 0 Å². The summed E-state index contributed by atoms with van der Waals surface area (Å²) in [6.45, 7) is 8.97. The van der Waals surface area contributed by atoms with E-state index in [1.54, 1.807) is 0 Å². The van der Waals surface area contributed by atoms with Crippen molar-refractivity contribution >= 4 is 0 Å². The minimum atomic E-state index is 0.556. The van der Waals surface area contributed by atoms with Crippen molar-refractivity contribution < 1.29 is 4.74 Å². The lowest BCUT2D eigenvalue weighted by atomic mass is 9.76. The van der Waals surface area contributed by atoms with E-state index < -0.39 is 0 Å². The fourth-order valence-electron chi connectivity index (χ4n) is 2.80. The Morgan fingerprint density at radius 2 is 2.06 bits per heavy atom. The molecule has 0 aromatic rings. The summed E-state index contributed by atoms with van der Waals surface area (Å²) < 4.78 is 5.65. The van der Waals surface area contributed by atoms with Gasteiger partial charge in [-0.2, -0.15) is 0 Å². The zero-order valence-electron chi connectivity index (χ0n) is 12.0. The molecule has 0 radical (unpaired) electrons. The van der Waals surface area contributed by atoms with Gasteiger partial charge in [-0.25, -0.2) is 0 Å². The van der Waals surface area contributed by atoms with Gasteiger partial charge in [0.1, 0.15) is 0 Å². The van der Waals surface area contributed by atoms with Crippen molar-refractivity contribution in [2.24, 2.45) is 11.3 Å². The highest BCUT2D eigenvalue weighted by atomic mass is 16.5.